The summed E-state index contributed by atoms with van der Waals surface area (Å²) in [5.74, 6) is -0.275. The van der Waals surface area contributed by atoms with Crippen molar-refractivity contribution in [3.63, 3.8) is 0 Å². The Morgan fingerprint density at radius 2 is 1.94 bits per heavy atom. The van der Waals surface area contributed by atoms with E-state index >= 15 is 0 Å². The van der Waals surface area contributed by atoms with Crippen LogP contribution in [-0.4, -0.2) is 18.6 Å². The lowest BCUT2D eigenvalue weighted by molar-refractivity contribution is 0.492. The molecule has 0 aliphatic rings. The first-order chi connectivity index (χ1) is 7.70. The van der Waals surface area contributed by atoms with E-state index in [1.54, 1.807) is 11.8 Å². The fourth-order valence-corrected chi connectivity index (χ4v) is 2.19. The summed E-state index contributed by atoms with van der Waals surface area (Å²) < 4.78 is 27.1. The lowest BCUT2D eigenvalue weighted by Gasteiger charge is -2.19. The SMILES string of the molecule is CCCNC(CSC)c1c(F)cccc1F. The van der Waals surface area contributed by atoms with Crippen LogP contribution in [-0.2, 0) is 0 Å². The lowest BCUT2D eigenvalue weighted by Crippen LogP contribution is -2.26. The van der Waals surface area contributed by atoms with E-state index in [0.29, 0.717) is 5.75 Å². The van der Waals surface area contributed by atoms with Gasteiger partial charge in [-0.3, -0.25) is 0 Å². The molecule has 1 rings (SSSR count). The van der Waals surface area contributed by atoms with Crippen LogP contribution in [0.25, 0.3) is 0 Å². The van der Waals surface area contributed by atoms with Gasteiger partial charge in [-0.15, -0.1) is 0 Å². The molecule has 0 spiro atoms. The molecular weight excluding hydrogens is 228 g/mol. The molecule has 0 saturated carbocycles. The molecule has 0 heterocycles. The van der Waals surface area contributed by atoms with Crippen LogP contribution in [0.4, 0.5) is 8.78 Å². The van der Waals surface area contributed by atoms with Gasteiger partial charge in [0, 0.05) is 17.4 Å². The van der Waals surface area contributed by atoms with Crippen molar-refractivity contribution >= 4 is 11.8 Å². The Balaban J connectivity index is 2.90. The largest absolute Gasteiger partial charge is 0.309 e. The van der Waals surface area contributed by atoms with Crippen LogP contribution in [0.15, 0.2) is 18.2 Å². The maximum atomic E-state index is 13.6. The minimum atomic E-state index is -0.470. The Morgan fingerprint density at radius 1 is 1.31 bits per heavy atom. The highest BCUT2D eigenvalue weighted by molar-refractivity contribution is 7.98. The summed E-state index contributed by atoms with van der Waals surface area (Å²) in [4.78, 5) is 0. The van der Waals surface area contributed by atoms with Gasteiger partial charge in [0.2, 0.25) is 0 Å². The molecular formula is C12H17F2NS. The highest BCUT2D eigenvalue weighted by atomic mass is 32.2. The fourth-order valence-electron chi connectivity index (χ4n) is 1.57. The molecule has 1 nitrogen and oxygen atoms in total. The van der Waals surface area contributed by atoms with E-state index in [0.717, 1.165) is 13.0 Å². The van der Waals surface area contributed by atoms with Gasteiger partial charge in [0.15, 0.2) is 0 Å². The number of halogens is 2. The summed E-state index contributed by atoms with van der Waals surface area (Å²) in [7, 11) is 0. The topological polar surface area (TPSA) is 12.0 Å². The van der Waals surface area contributed by atoms with E-state index in [-0.39, 0.29) is 11.6 Å². The first kappa shape index (κ1) is 13.5. The smallest absolute Gasteiger partial charge is 0.130 e. The standard InChI is InChI=1S/C12H17F2NS/c1-3-7-15-11(8-16-2)12-9(13)5-4-6-10(12)14/h4-6,11,15H,3,7-8H2,1-2H3. The second-order valence-corrected chi connectivity index (χ2v) is 4.51. The van der Waals surface area contributed by atoms with Crippen molar-refractivity contribution in [3.05, 3.63) is 35.4 Å². The third kappa shape index (κ3) is 3.46. The van der Waals surface area contributed by atoms with Crippen LogP contribution >= 0.6 is 11.8 Å². The molecule has 1 unspecified atom stereocenters. The number of thioether (sulfide) groups is 1. The summed E-state index contributed by atoms with van der Waals surface area (Å²) in [5.41, 5.74) is 0.158. The van der Waals surface area contributed by atoms with Gasteiger partial charge >= 0.3 is 0 Å². The van der Waals surface area contributed by atoms with Crippen molar-refractivity contribution in [2.45, 2.75) is 19.4 Å². The van der Waals surface area contributed by atoms with Gasteiger partial charge in [-0.2, -0.15) is 11.8 Å². The van der Waals surface area contributed by atoms with Crippen molar-refractivity contribution in [3.8, 4) is 0 Å². The molecule has 1 N–H and O–H groups in total. The molecule has 90 valence electrons. The van der Waals surface area contributed by atoms with Gasteiger partial charge in [0.05, 0.1) is 0 Å². The van der Waals surface area contributed by atoms with E-state index in [1.165, 1.54) is 18.2 Å². The Bertz CT molecular complexity index is 311. The quantitative estimate of drug-likeness (QED) is 0.824. The highest BCUT2D eigenvalue weighted by Gasteiger charge is 2.18. The Morgan fingerprint density at radius 3 is 2.44 bits per heavy atom. The average Bonchev–Trinajstić information content (AvgIpc) is 2.25. The fraction of sp³-hybridized carbons (Fsp3) is 0.500. The van der Waals surface area contributed by atoms with Crippen molar-refractivity contribution < 1.29 is 8.78 Å². The molecule has 16 heavy (non-hydrogen) atoms. The number of hydrogen-bond acceptors (Lipinski definition) is 2. The third-order valence-corrected chi connectivity index (χ3v) is 2.99. The normalized spacial score (nSPS) is 12.8. The van der Waals surface area contributed by atoms with Gasteiger partial charge in [0.25, 0.3) is 0 Å². The van der Waals surface area contributed by atoms with E-state index in [9.17, 15) is 8.78 Å². The first-order valence-electron chi connectivity index (χ1n) is 5.37. The lowest BCUT2D eigenvalue weighted by atomic mass is 10.1. The molecule has 0 aromatic heterocycles. The van der Waals surface area contributed by atoms with E-state index in [1.807, 2.05) is 13.2 Å². The predicted octanol–water partition coefficient (Wildman–Crippen LogP) is 3.37. The molecule has 1 aromatic rings. The average molecular weight is 245 g/mol. The van der Waals surface area contributed by atoms with Crippen molar-refractivity contribution in [2.75, 3.05) is 18.6 Å². The van der Waals surface area contributed by atoms with Crippen LogP contribution in [0, 0.1) is 11.6 Å². The number of nitrogens with one attached hydrogen (secondary N) is 1. The molecule has 0 radical (unpaired) electrons. The summed E-state index contributed by atoms with van der Waals surface area (Å²) in [6.45, 7) is 2.79. The number of benzene rings is 1. The Hall–Kier alpha value is -0.610. The van der Waals surface area contributed by atoms with Gasteiger partial charge in [-0.25, -0.2) is 8.78 Å². The maximum Gasteiger partial charge on any atom is 0.130 e. The van der Waals surface area contributed by atoms with Gasteiger partial charge < -0.3 is 5.32 Å². The summed E-state index contributed by atoms with van der Waals surface area (Å²) in [6, 6.07) is 3.75. The van der Waals surface area contributed by atoms with Crippen LogP contribution in [0.5, 0.6) is 0 Å². The summed E-state index contributed by atoms with van der Waals surface area (Å²) >= 11 is 1.58. The molecule has 0 saturated heterocycles. The molecule has 0 aliphatic carbocycles. The van der Waals surface area contributed by atoms with Crippen molar-refractivity contribution in [2.24, 2.45) is 0 Å². The maximum absolute atomic E-state index is 13.6. The third-order valence-electron chi connectivity index (χ3n) is 2.32. The van der Waals surface area contributed by atoms with Crippen molar-refractivity contribution in [1.29, 1.82) is 0 Å². The predicted molar refractivity (Wildman–Crippen MR) is 65.8 cm³/mol. The van der Waals surface area contributed by atoms with Gasteiger partial charge in [0.1, 0.15) is 11.6 Å². The van der Waals surface area contributed by atoms with Crippen LogP contribution in [0.2, 0.25) is 0 Å². The van der Waals surface area contributed by atoms with Crippen molar-refractivity contribution in [1.82, 2.24) is 5.32 Å². The zero-order chi connectivity index (χ0) is 12.0. The molecule has 4 heteroatoms. The van der Waals surface area contributed by atoms with Crippen LogP contribution < -0.4 is 5.32 Å². The summed E-state index contributed by atoms with van der Waals surface area (Å²) in [5, 5.41) is 3.17. The van der Waals surface area contributed by atoms with Gasteiger partial charge in [-0.1, -0.05) is 13.0 Å². The first-order valence-corrected chi connectivity index (χ1v) is 6.76. The monoisotopic (exact) mass is 245 g/mol. The van der Waals surface area contributed by atoms with Gasteiger partial charge in [-0.05, 0) is 31.4 Å². The van der Waals surface area contributed by atoms with E-state index in [2.05, 4.69) is 5.32 Å². The van der Waals surface area contributed by atoms with Crippen LogP contribution in [0.3, 0.4) is 0 Å². The minimum absolute atomic E-state index is 0.158. The molecule has 1 aromatic carbocycles. The molecule has 1 atom stereocenters. The van der Waals surface area contributed by atoms with E-state index in [4.69, 9.17) is 0 Å². The van der Waals surface area contributed by atoms with E-state index < -0.39 is 11.6 Å². The Kier molecular flexibility index (Phi) is 5.77. The number of rotatable bonds is 6. The zero-order valence-electron chi connectivity index (χ0n) is 9.59. The molecule has 0 amide bonds. The number of hydrogen-bond donors (Lipinski definition) is 1. The zero-order valence-corrected chi connectivity index (χ0v) is 10.4. The molecule has 0 bridgehead atoms. The molecule has 0 aliphatic heterocycles. The Labute approximate surface area is 99.6 Å². The second-order valence-electron chi connectivity index (χ2n) is 3.60. The van der Waals surface area contributed by atoms with Crippen LogP contribution in [0.1, 0.15) is 24.9 Å². The highest BCUT2D eigenvalue weighted by Crippen LogP contribution is 2.23. The second kappa shape index (κ2) is 6.86. The minimum Gasteiger partial charge on any atom is -0.309 e. The molecule has 0 fully saturated rings. The summed E-state index contributed by atoms with van der Waals surface area (Å²) in [6.07, 6.45) is 2.88.